The van der Waals surface area contributed by atoms with E-state index in [1.54, 1.807) is 36.4 Å². The molecule has 1 amide bonds. The number of nitrogens with zero attached hydrogens (tertiary/aromatic N) is 1. The number of hydrogen-bond acceptors (Lipinski definition) is 3. The summed E-state index contributed by atoms with van der Waals surface area (Å²) in [6, 6.07) is 14.0. The molecule has 0 aliphatic heterocycles. The maximum atomic E-state index is 12.9. The van der Waals surface area contributed by atoms with Crippen LogP contribution in [-0.4, -0.2) is 31.7 Å². The molecule has 28 heavy (non-hydrogen) atoms. The summed E-state index contributed by atoms with van der Waals surface area (Å²) in [5.74, 6) is 0.435. The van der Waals surface area contributed by atoms with Crippen LogP contribution in [0.1, 0.15) is 48.7 Å². The zero-order chi connectivity index (χ0) is 20.7. The van der Waals surface area contributed by atoms with Crippen molar-refractivity contribution in [1.82, 2.24) is 9.62 Å². The SMILES string of the molecule is CCN(Cc1ccc(C(=O)NCCC(C)C)cc1)S(=O)(=O)c1ccc(C)cc1. The van der Waals surface area contributed by atoms with Crippen LogP contribution in [-0.2, 0) is 16.6 Å². The van der Waals surface area contributed by atoms with Gasteiger partial charge in [-0.1, -0.05) is 50.6 Å². The predicted octanol–water partition coefficient (Wildman–Crippen LogP) is 3.98. The molecule has 6 heteroatoms. The maximum Gasteiger partial charge on any atom is 0.251 e. The molecule has 0 aliphatic rings. The number of aryl methyl sites for hydroxylation is 1. The number of nitrogens with one attached hydrogen (secondary N) is 1. The Balaban J connectivity index is 2.06. The molecule has 0 aromatic heterocycles. The second-order valence-electron chi connectivity index (χ2n) is 7.38. The van der Waals surface area contributed by atoms with E-state index < -0.39 is 10.0 Å². The Morgan fingerprint density at radius 2 is 1.64 bits per heavy atom. The molecule has 0 fully saturated rings. The number of amides is 1. The van der Waals surface area contributed by atoms with Crippen molar-refractivity contribution in [3.05, 3.63) is 65.2 Å². The van der Waals surface area contributed by atoms with E-state index in [-0.39, 0.29) is 12.5 Å². The van der Waals surface area contributed by atoms with Gasteiger partial charge in [0.2, 0.25) is 10.0 Å². The normalized spacial score (nSPS) is 11.8. The van der Waals surface area contributed by atoms with Gasteiger partial charge in [-0.3, -0.25) is 4.79 Å². The molecule has 0 bridgehead atoms. The Labute approximate surface area is 168 Å². The molecular formula is C22H30N2O3S. The lowest BCUT2D eigenvalue weighted by atomic mass is 10.1. The third-order valence-corrected chi connectivity index (χ3v) is 6.53. The van der Waals surface area contributed by atoms with Crippen LogP contribution in [0.4, 0.5) is 0 Å². The van der Waals surface area contributed by atoms with Gasteiger partial charge in [-0.25, -0.2) is 8.42 Å². The van der Waals surface area contributed by atoms with Crippen LogP contribution in [0.3, 0.4) is 0 Å². The van der Waals surface area contributed by atoms with Gasteiger partial charge in [0, 0.05) is 25.2 Å². The third-order valence-electron chi connectivity index (χ3n) is 4.59. The number of benzene rings is 2. The maximum absolute atomic E-state index is 12.9. The van der Waals surface area contributed by atoms with Crippen molar-refractivity contribution in [1.29, 1.82) is 0 Å². The second-order valence-corrected chi connectivity index (χ2v) is 9.32. The second kappa shape index (κ2) is 9.85. The Morgan fingerprint density at radius 3 is 2.18 bits per heavy atom. The number of sulfonamides is 1. The predicted molar refractivity (Wildman–Crippen MR) is 113 cm³/mol. The summed E-state index contributed by atoms with van der Waals surface area (Å²) in [5, 5.41) is 2.91. The lowest BCUT2D eigenvalue weighted by Gasteiger charge is -2.21. The molecule has 2 rings (SSSR count). The first kappa shape index (κ1) is 22.1. The van der Waals surface area contributed by atoms with Gasteiger partial charge in [-0.15, -0.1) is 0 Å². The lowest BCUT2D eigenvalue weighted by Crippen LogP contribution is -2.30. The van der Waals surface area contributed by atoms with Crippen LogP contribution in [0.25, 0.3) is 0 Å². The van der Waals surface area contributed by atoms with Crippen molar-refractivity contribution in [3.8, 4) is 0 Å². The first-order valence-corrected chi connectivity index (χ1v) is 11.1. The molecule has 1 N–H and O–H groups in total. The van der Waals surface area contributed by atoms with Gasteiger partial charge in [0.25, 0.3) is 5.91 Å². The standard InChI is InChI=1S/C22H30N2O3S/c1-5-24(28(26,27)21-12-6-18(4)7-13-21)16-19-8-10-20(11-9-19)22(25)23-15-14-17(2)3/h6-13,17H,5,14-16H2,1-4H3,(H,23,25). The molecule has 0 spiro atoms. The molecule has 0 heterocycles. The van der Waals surface area contributed by atoms with E-state index in [2.05, 4.69) is 19.2 Å². The van der Waals surface area contributed by atoms with Crippen molar-refractivity contribution in [2.24, 2.45) is 5.92 Å². The van der Waals surface area contributed by atoms with Gasteiger partial charge < -0.3 is 5.32 Å². The summed E-state index contributed by atoms with van der Waals surface area (Å²) in [5.41, 5.74) is 2.44. The Hall–Kier alpha value is -2.18. The summed E-state index contributed by atoms with van der Waals surface area (Å²) in [7, 11) is -3.56. The topological polar surface area (TPSA) is 66.5 Å². The molecule has 0 atom stereocenters. The molecule has 0 radical (unpaired) electrons. The van der Waals surface area contributed by atoms with Crippen LogP contribution in [0.5, 0.6) is 0 Å². The van der Waals surface area contributed by atoms with E-state index in [9.17, 15) is 13.2 Å². The Bertz CT molecular complexity index is 873. The smallest absolute Gasteiger partial charge is 0.251 e. The summed E-state index contributed by atoms with van der Waals surface area (Å²) < 4.78 is 27.2. The average molecular weight is 403 g/mol. The summed E-state index contributed by atoms with van der Waals surface area (Å²) >= 11 is 0. The van der Waals surface area contributed by atoms with E-state index in [1.807, 2.05) is 26.0 Å². The summed E-state index contributed by atoms with van der Waals surface area (Å²) in [4.78, 5) is 12.5. The van der Waals surface area contributed by atoms with Gasteiger partial charge in [0.15, 0.2) is 0 Å². The van der Waals surface area contributed by atoms with Crippen LogP contribution < -0.4 is 5.32 Å². The van der Waals surface area contributed by atoms with Crippen molar-refractivity contribution >= 4 is 15.9 Å². The zero-order valence-electron chi connectivity index (χ0n) is 17.1. The third kappa shape index (κ3) is 5.91. The molecule has 152 valence electrons. The number of hydrogen-bond donors (Lipinski definition) is 1. The molecule has 2 aromatic rings. The van der Waals surface area contributed by atoms with Crippen molar-refractivity contribution < 1.29 is 13.2 Å². The van der Waals surface area contributed by atoms with Crippen LogP contribution in [0, 0.1) is 12.8 Å². The molecule has 0 unspecified atom stereocenters. The minimum Gasteiger partial charge on any atom is -0.352 e. The molecule has 0 saturated heterocycles. The fourth-order valence-corrected chi connectivity index (χ4v) is 4.20. The number of rotatable bonds is 9. The monoisotopic (exact) mass is 402 g/mol. The average Bonchev–Trinajstić information content (AvgIpc) is 2.66. The highest BCUT2D eigenvalue weighted by atomic mass is 32.2. The highest BCUT2D eigenvalue weighted by Crippen LogP contribution is 2.19. The van der Waals surface area contributed by atoms with Crippen LogP contribution in [0.15, 0.2) is 53.4 Å². The van der Waals surface area contributed by atoms with E-state index in [0.29, 0.717) is 29.5 Å². The van der Waals surface area contributed by atoms with Gasteiger partial charge in [-0.05, 0) is 49.1 Å². The highest BCUT2D eigenvalue weighted by molar-refractivity contribution is 7.89. The van der Waals surface area contributed by atoms with E-state index in [0.717, 1.165) is 17.5 Å². The van der Waals surface area contributed by atoms with Gasteiger partial charge in [-0.2, -0.15) is 4.31 Å². The van der Waals surface area contributed by atoms with Crippen LogP contribution in [0.2, 0.25) is 0 Å². The highest BCUT2D eigenvalue weighted by Gasteiger charge is 2.23. The van der Waals surface area contributed by atoms with Crippen LogP contribution >= 0.6 is 0 Å². The number of carbonyl (C=O) groups excluding carboxylic acids is 1. The van der Waals surface area contributed by atoms with Crippen molar-refractivity contribution in [2.45, 2.75) is 45.6 Å². The summed E-state index contributed by atoms with van der Waals surface area (Å²) in [6.45, 7) is 9.26. The lowest BCUT2D eigenvalue weighted by molar-refractivity contribution is 0.0952. The number of carbonyl (C=O) groups is 1. The van der Waals surface area contributed by atoms with Gasteiger partial charge in [0.1, 0.15) is 0 Å². The van der Waals surface area contributed by atoms with Gasteiger partial charge in [0.05, 0.1) is 4.90 Å². The first-order valence-electron chi connectivity index (χ1n) is 9.68. The fraction of sp³-hybridized carbons (Fsp3) is 0.409. The minimum atomic E-state index is -3.56. The zero-order valence-corrected chi connectivity index (χ0v) is 17.9. The minimum absolute atomic E-state index is 0.105. The molecular weight excluding hydrogens is 372 g/mol. The van der Waals surface area contributed by atoms with E-state index >= 15 is 0 Å². The van der Waals surface area contributed by atoms with Gasteiger partial charge >= 0.3 is 0 Å². The van der Waals surface area contributed by atoms with Crippen molar-refractivity contribution in [3.63, 3.8) is 0 Å². The molecule has 0 aliphatic carbocycles. The fourth-order valence-electron chi connectivity index (χ4n) is 2.77. The molecule has 0 saturated carbocycles. The Morgan fingerprint density at radius 1 is 1.04 bits per heavy atom. The quantitative estimate of drug-likeness (QED) is 0.690. The molecule has 2 aromatic carbocycles. The van der Waals surface area contributed by atoms with E-state index in [1.165, 1.54) is 4.31 Å². The van der Waals surface area contributed by atoms with Crippen molar-refractivity contribution in [2.75, 3.05) is 13.1 Å². The first-order chi connectivity index (χ1) is 13.2. The Kier molecular flexibility index (Phi) is 7.78. The van der Waals surface area contributed by atoms with E-state index in [4.69, 9.17) is 0 Å². The summed E-state index contributed by atoms with van der Waals surface area (Å²) in [6.07, 6.45) is 0.937. The largest absolute Gasteiger partial charge is 0.352 e. The molecule has 5 nitrogen and oxygen atoms in total.